The van der Waals surface area contributed by atoms with E-state index in [1.54, 1.807) is 0 Å². The molecule has 1 aromatic rings. The third-order valence-corrected chi connectivity index (χ3v) is 2.23. The van der Waals surface area contributed by atoms with Crippen LogP contribution in [0.3, 0.4) is 0 Å². The first-order chi connectivity index (χ1) is 7.93. The van der Waals surface area contributed by atoms with Gasteiger partial charge in [0.2, 0.25) is 0 Å². The maximum Gasteiger partial charge on any atom is 0.354 e. The van der Waals surface area contributed by atoms with Gasteiger partial charge in [-0.25, -0.2) is 4.79 Å². The quantitative estimate of drug-likeness (QED) is 0.718. The summed E-state index contributed by atoms with van der Waals surface area (Å²) in [6.45, 7) is 1.15. The van der Waals surface area contributed by atoms with Gasteiger partial charge in [0, 0.05) is 20.1 Å². The summed E-state index contributed by atoms with van der Waals surface area (Å²) in [7, 11) is 5.26. The lowest BCUT2D eigenvalue weighted by Gasteiger charge is -2.10. The second-order valence-corrected chi connectivity index (χ2v) is 3.89. The number of likely N-dealkylation sites (N-methyl/N-ethyl adjacent to an activating group) is 1. The Balaban J connectivity index is 2.72. The number of aryl methyl sites for hydroxylation is 1. The number of hydrogen-bond donors (Lipinski definition) is 2. The number of nitrogens with zero attached hydrogens (tertiary/aromatic N) is 3. The SMILES string of the molecule is CN(C)CCNC(=O)c1cnn(C)c1C(=O)O. The highest BCUT2D eigenvalue weighted by Crippen LogP contribution is 2.06. The number of amides is 1. The molecule has 0 radical (unpaired) electrons. The van der Waals surface area contributed by atoms with Gasteiger partial charge in [-0.2, -0.15) is 5.10 Å². The molecule has 1 heterocycles. The second-order valence-electron chi connectivity index (χ2n) is 3.89. The number of aromatic nitrogens is 2. The van der Waals surface area contributed by atoms with Crippen molar-refractivity contribution in [2.75, 3.05) is 27.2 Å². The van der Waals surface area contributed by atoms with Crippen LogP contribution in [0.25, 0.3) is 0 Å². The number of nitrogens with one attached hydrogen (secondary N) is 1. The van der Waals surface area contributed by atoms with Crippen LogP contribution in [0.1, 0.15) is 20.8 Å². The Hall–Kier alpha value is -1.89. The van der Waals surface area contributed by atoms with E-state index in [-0.39, 0.29) is 11.3 Å². The third kappa shape index (κ3) is 3.28. The molecule has 7 nitrogen and oxygen atoms in total. The fourth-order valence-corrected chi connectivity index (χ4v) is 1.35. The van der Waals surface area contributed by atoms with Crippen molar-refractivity contribution in [1.82, 2.24) is 20.0 Å². The van der Waals surface area contributed by atoms with Crippen molar-refractivity contribution in [3.63, 3.8) is 0 Å². The Bertz CT molecular complexity index is 425. The van der Waals surface area contributed by atoms with Crippen molar-refractivity contribution in [3.05, 3.63) is 17.5 Å². The van der Waals surface area contributed by atoms with Crippen molar-refractivity contribution in [2.24, 2.45) is 7.05 Å². The van der Waals surface area contributed by atoms with Crippen molar-refractivity contribution in [1.29, 1.82) is 0 Å². The summed E-state index contributed by atoms with van der Waals surface area (Å²) in [4.78, 5) is 24.6. The van der Waals surface area contributed by atoms with E-state index in [9.17, 15) is 9.59 Å². The number of aromatic carboxylic acids is 1. The van der Waals surface area contributed by atoms with Crippen molar-refractivity contribution >= 4 is 11.9 Å². The molecule has 1 rings (SSSR count). The number of carboxylic acids is 1. The molecule has 0 aliphatic rings. The molecule has 1 aromatic heterocycles. The van der Waals surface area contributed by atoms with E-state index < -0.39 is 11.9 Å². The molecule has 0 atom stereocenters. The van der Waals surface area contributed by atoms with E-state index in [1.165, 1.54) is 17.9 Å². The average molecular weight is 240 g/mol. The second kappa shape index (κ2) is 5.44. The molecule has 0 bridgehead atoms. The zero-order valence-corrected chi connectivity index (χ0v) is 10.1. The summed E-state index contributed by atoms with van der Waals surface area (Å²) in [5.74, 6) is -1.58. The zero-order valence-electron chi connectivity index (χ0n) is 10.1. The first-order valence-corrected chi connectivity index (χ1v) is 5.11. The fourth-order valence-electron chi connectivity index (χ4n) is 1.35. The average Bonchev–Trinajstić information content (AvgIpc) is 2.59. The summed E-state index contributed by atoms with van der Waals surface area (Å²) in [5, 5.41) is 15.4. The van der Waals surface area contributed by atoms with Crippen LogP contribution < -0.4 is 5.32 Å². The van der Waals surface area contributed by atoms with E-state index in [0.717, 1.165) is 0 Å². The molecule has 17 heavy (non-hydrogen) atoms. The summed E-state index contributed by atoms with van der Waals surface area (Å²) in [6.07, 6.45) is 1.26. The fraction of sp³-hybridized carbons (Fsp3) is 0.500. The number of carboxylic acid groups (broad SMARTS) is 1. The molecule has 0 fully saturated rings. The van der Waals surface area contributed by atoms with Crippen LogP contribution in [0.4, 0.5) is 0 Å². The highest BCUT2D eigenvalue weighted by atomic mass is 16.4. The molecule has 0 unspecified atom stereocenters. The van der Waals surface area contributed by atoms with Gasteiger partial charge >= 0.3 is 5.97 Å². The molecule has 0 spiro atoms. The van der Waals surface area contributed by atoms with Gasteiger partial charge in [-0.1, -0.05) is 0 Å². The summed E-state index contributed by atoms with van der Waals surface area (Å²) >= 11 is 0. The van der Waals surface area contributed by atoms with Crippen molar-refractivity contribution in [2.45, 2.75) is 0 Å². The Labute approximate surface area is 99.0 Å². The van der Waals surface area contributed by atoms with Crippen LogP contribution in [0.5, 0.6) is 0 Å². The topological polar surface area (TPSA) is 87.5 Å². The summed E-state index contributed by atoms with van der Waals surface area (Å²) in [6, 6.07) is 0. The van der Waals surface area contributed by atoms with Gasteiger partial charge in [-0.05, 0) is 14.1 Å². The van der Waals surface area contributed by atoms with Gasteiger partial charge in [-0.3, -0.25) is 9.48 Å². The molecule has 1 amide bonds. The molecule has 0 aromatic carbocycles. The predicted molar refractivity (Wildman–Crippen MR) is 61.1 cm³/mol. The Morgan fingerprint density at radius 3 is 2.71 bits per heavy atom. The van der Waals surface area contributed by atoms with Crippen molar-refractivity contribution < 1.29 is 14.7 Å². The monoisotopic (exact) mass is 240 g/mol. The number of rotatable bonds is 5. The molecule has 0 saturated heterocycles. The zero-order chi connectivity index (χ0) is 13.0. The van der Waals surface area contributed by atoms with Crippen LogP contribution in [-0.2, 0) is 7.05 Å². The van der Waals surface area contributed by atoms with E-state index in [2.05, 4.69) is 10.4 Å². The lowest BCUT2D eigenvalue weighted by atomic mass is 10.2. The van der Waals surface area contributed by atoms with Crippen LogP contribution in [-0.4, -0.2) is 58.8 Å². The predicted octanol–water partition coefficient (Wildman–Crippen LogP) is -0.590. The highest BCUT2D eigenvalue weighted by molar-refractivity contribution is 6.03. The van der Waals surface area contributed by atoms with E-state index in [1.807, 2.05) is 19.0 Å². The molecule has 7 heteroatoms. The van der Waals surface area contributed by atoms with Gasteiger partial charge in [0.05, 0.1) is 11.8 Å². The first kappa shape index (κ1) is 13.2. The molecular weight excluding hydrogens is 224 g/mol. The molecule has 0 aliphatic heterocycles. The summed E-state index contributed by atoms with van der Waals surface area (Å²) in [5.41, 5.74) is -0.0221. The smallest absolute Gasteiger partial charge is 0.354 e. The lowest BCUT2D eigenvalue weighted by molar-refractivity contribution is 0.0679. The molecule has 0 aliphatic carbocycles. The number of carbonyl (C=O) groups is 2. The summed E-state index contributed by atoms with van der Waals surface area (Å²) < 4.78 is 1.17. The highest BCUT2D eigenvalue weighted by Gasteiger charge is 2.20. The van der Waals surface area contributed by atoms with Crippen LogP contribution >= 0.6 is 0 Å². The van der Waals surface area contributed by atoms with Crippen LogP contribution in [0, 0.1) is 0 Å². The lowest BCUT2D eigenvalue weighted by Crippen LogP contribution is -2.32. The van der Waals surface area contributed by atoms with Gasteiger partial charge in [0.15, 0.2) is 5.69 Å². The maximum absolute atomic E-state index is 11.7. The van der Waals surface area contributed by atoms with Gasteiger partial charge in [-0.15, -0.1) is 0 Å². The molecule has 0 saturated carbocycles. The van der Waals surface area contributed by atoms with E-state index in [0.29, 0.717) is 13.1 Å². The Kier molecular flexibility index (Phi) is 4.22. The van der Waals surface area contributed by atoms with Crippen LogP contribution in [0.15, 0.2) is 6.20 Å². The Morgan fingerprint density at radius 1 is 1.53 bits per heavy atom. The largest absolute Gasteiger partial charge is 0.477 e. The minimum atomic E-state index is -1.16. The van der Waals surface area contributed by atoms with E-state index >= 15 is 0 Å². The molecule has 2 N–H and O–H groups in total. The molecular formula is C10H16N4O3. The standard InChI is InChI=1S/C10H16N4O3/c1-13(2)5-4-11-9(15)7-6-12-14(3)8(7)10(16)17/h6H,4-5H2,1-3H3,(H,11,15)(H,16,17). The Morgan fingerprint density at radius 2 is 2.18 bits per heavy atom. The van der Waals surface area contributed by atoms with Gasteiger partial charge in [0.25, 0.3) is 5.91 Å². The van der Waals surface area contributed by atoms with Crippen LogP contribution in [0.2, 0.25) is 0 Å². The first-order valence-electron chi connectivity index (χ1n) is 5.11. The minimum Gasteiger partial charge on any atom is -0.477 e. The van der Waals surface area contributed by atoms with E-state index in [4.69, 9.17) is 5.11 Å². The minimum absolute atomic E-state index is 0.0822. The molecule has 94 valence electrons. The van der Waals surface area contributed by atoms with Crippen molar-refractivity contribution in [3.8, 4) is 0 Å². The third-order valence-electron chi connectivity index (χ3n) is 2.23. The normalized spacial score (nSPS) is 10.6. The van der Waals surface area contributed by atoms with Gasteiger partial charge < -0.3 is 15.3 Å². The number of carbonyl (C=O) groups excluding carboxylic acids is 1. The maximum atomic E-state index is 11.7. The van der Waals surface area contributed by atoms with Gasteiger partial charge in [0.1, 0.15) is 0 Å². The number of hydrogen-bond acceptors (Lipinski definition) is 4.